The zero-order chi connectivity index (χ0) is 16.4. The molecule has 0 spiro atoms. The van der Waals surface area contributed by atoms with Gasteiger partial charge < -0.3 is 9.84 Å². The van der Waals surface area contributed by atoms with E-state index in [4.69, 9.17) is 4.74 Å². The van der Waals surface area contributed by atoms with Crippen LogP contribution in [0.5, 0.6) is 0 Å². The molecule has 0 saturated heterocycles. The van der Waals surface area contributed by atoms with Crippen LogP contribution in [0.3, 0.4) is 0 Å². The Labute approximate surface area is 137 Å². The van der Waals surface area contributed by atoms with Gasteiger partial charge in [0.25, 0.3) is 5.91 Å². The maximum absolute atomic E-state index is 12.4. The number of fused-ring (bicyclic) bond motifs is 1. The van der Waals surface area contributed by atoms with Crippen LogP contribution >= 0.6 is 11.8 Å². The van der Waals surface area contributed by atoms with Crippen LogP contribution in [0, 0.1) is 0 Å². The molecule has 1 amide bonds. The van der Waals surface area contributed by atoms with Gasteiger partial charge in [-0.15, -0.1) is 11.8 Å². The van der Waals surface area contributed by atoms with E-state index in [0.717, 1.165) is 0 Å². The van der Waals surface area contributed by atoms with Gasteiger partial charge in [-0.25, -0.2) is 4.79 Å². The maximum atomic E-state index is 12.4. The number of carbonyl (C=O) groups excluding carboxylic acids is 2. The van der Waals surface area contributed by atoms with E-state index in [0.29, 0.717) is 21.6 Å². The van der Waals surface area contributed by atoms with E-state index >= 15 is 0 Å². The fourth-order valence-electron chi connectivity index (χ4n) is 2.49. The van der Waals surface area contributed by atoms with Crippen molar-refractivity contribution in [1.82, 2.24) is 4.90 Å². The van der Waals surface area contributed by atoms with E-state index in [1.54, 1.807) is 42.5 Å². The molecule has 1 unspecified atom stereocenters. The van der Waals surface area contributed by atoms with E-state index in [1.807, 2.05) is 6.07 Å². The molecule has 0 fully saturated rings. The van der Waals surface area contributed by atoms with Crippen molar-refractivity contribution in [2.24, 2.45) is 0 Å². The summed E-state index contributed by atoms with van der Waals surface area (Å²) in [4.78, 5) is 26.2. The van der Waals surface area contributed by atoms with E-state index in [1.165, 1.54) is 23.8 Å². The van der Waals surface area contributed by atoms with Gasteiger partial charge in [0.15, 0.2) is 6.23 Å². The van der Waals surface area contributed by atoms with Gasteiger partial charge in [0.05, 0.1) is 18.6 Å². The normalized spacial score (nSPS) is 16.3. The number of ether oxygens (including phenoxy) is 1. The highest BCUT2D eigenvalue weighted by Gasteiger charge is 2.35. The molecule has 2 aromatic carbocycles. The number of thioether (sulfide) groups is 1. The third-order valence-electron chi connectivity index (χ3n) is 3.68. The summed E-state index contributed by atoms with van der Waals surface area (Å²) in [6, 6.07) is 14.0. The fourth-order valence-corrected chi connectivity index (χ4v) is 3.51. The number of rotatable bonds is 4. The molecule has 1 atom stereocenters. The van der Waals surface area contributed by atoms with Gasteiger partial charge in [0.2, 0.25) is 0 Å². The minimum absolute atomic E-state index is 0.212. The summed E-state index contributed by atoms with van der Waals surface area (Å²) in [5.74, 6) is -0.399. The number of hydrogen-bond acceptors (Lipinski definition) is 5. The summed E-state index contributed by atoms with van der Waals surface area (Å²) in [5, 5.41) is 10.3. The molecule has 0 aliphatic carbocycles. The zero-order valence-corrected chi connectivity index (χ0v) is 13.2. The van der Waals surface area contributed by atoms with E-state index in [2.05, 4.69) is 0 Å². The molecular weight excluding hydrogens is 314 g/mol. The number of methoxy groups -OCH3 is 1. The summed E-state index contributed by atoms with van der Waals surface area (Å²) in [6.07, 6.45) is -0.962. The highest BCUT2D eigenvalue weighted by atomic mass is 32.2. The molecule has 23 heavy (non-hydrogen) atoms. The molecular formula is C17H15NO4S. The largest absolute Gasteiger partial charge is 0.465 e. The molecule has 0 saturated carbocycles. The van der Waals surface area contributed by atoms with Crippen molar-refractivity contribution in [1.29, 1.82) is 0 Å². The van der Waals surface area contributed by atoms with Gasteiger partial charge in [0.1, 0.15) is 0 Å². The van der Waals surface area contributed by atoms with Crippen molar-refractivity contribution in [3.8, 4) is 0 Å². The Morgan fingerprint density at radius 2 is 1.91 bits per heavy atom. The van der Waals surface area contributed by atoms with Crippen LogP contribution in [0.2, 0.25) is 0 Å². The predicted molar refractivity (Wildman–Crippen MR) is 86.1 cm³/mol. The monoisotopic (exact) mass is 329 g/mol. The Kier molecular flexibility index (Phi) is 4.36. The molecule has 0 radical (unpaired) electrons. The molecule has 118 valence electrons. The lowest BCUT2D eigenvalue weighted by Crippen LogP contribution is -2.27. The smallest absolute Gasteiger partial charge is 0.338 e. The highest BCUT2D eigenvalue weighted by molar-refractivity contribution is 7.99. The van der Waals surface area contributed by atoms with Crippen molar-refractivity contribution >= 4 is 23.6 Å². The Morgan fingerprint density at radius 3 is 2.65 bits per heavy atom. The van der Waals surface area contributed by atoms with Crippen molar-refractivity contribution in [3.05, 3.63) is 65.2 Å². The van der Waals surface area contributed by atoms with Crippen LogP contribution in [0.4, 0.5) is 0 Å². The van der Waals surface area contributed by atoms with Crippen molar-refractivity contribution in [2.45, 2.75) is 11.1 Å². The first kappa shape index (κ1) is 15.6. The number of aliphatic hydroxyl groups is 1. The number of benzene rings is 2. The molecule has 2 aromatic rings. The lowest BCUT2D eigenvalue weighted by molar-refractivity contribution is 0.0271. The van der Waals surface area contributed by atoms with Crippen molar-refractivity contribution < 1.29 is 19.4 Å². The van der Waals surface area contributed by atoms with Crippen LogP contribution in [0.25, 0.3) is 0 Å². The minimum Gasteiger partial charge on any atom is -0.465 e. The number of esters is 1. The van der Waals surface area contributed by atoms with Crippen molar-refractivity contribution in [3.63, 3.8) is 0 Å². The summed E-state index contributed by atoms with van der Waals surface area (Å²) in [6.45, 7) is 0. The second kappa shape index (κ2) is 6.44. The molecule has 1 heterocycles. The van der Waals surface area contributed by atoms with Crippen LogP contribution in [-0.4, -0.2) is 34.9 Å². The lowest BCUT2D eigenvalue weighted by atomic mass is 10.1. The molecule has 0 bridgehead atoms. The second-order valence-corrected chi connectivity index (χ2v) is 5.98. The van der Waals surface area contributed by atoms with Gasteiger partial charge in [-0.2, -0.15) is 0 Å². The molecule has 3 rings (SSSR count). The topological polar surface area (TPSA) is 66.8 Å². The third kappa shape index (κ3) is 2.83. The first-order chi connectivity index (χ1) is 11.1. The van der Waals surface area contributed by atoms with Crippen LogP contribution in [0.15, 0.2) is 53.4 Å². The van der Waals surface area contributed by atoms with Gasteiger partial charge in [-0.05, 0) is 18.2 Å². The Hall–Kier alpha value is -2.31. The second-order valence-electron chi connectivity index (χ2n) is 5.00. The quantitative estimate of drug-likeness (QED) is 0.690. The average molecular weight is 329 g/mol. The minimum atomic E-state index is -0.962. The van der Waals surface area contributed by atoms with Crippen LogP contribution in [-0.2, 0) is 4.74 Å². The highest BCUT2D eigenvalue weighted by Crippen LogP contribution is 2.34. The Balaban J connectivity index is 1.78. The fraction of sp³-hybridized carbons (Fsp3) is 0.176. The molecule has 0 aromatic heterocycles. The van der Waals surface area contributed by atoms with E-state index < -0.39 is 12.2 Å². The summed E-state index contributed by atoms with van der Waals surface area (Å²) in [7, 11) is 1.33. The Bertz CT molecular complexity index is 762. The number of aliphatic hydroxyl groups excluding tert-OH is 1. The Morgan fingerprint density at radius 1 is 1.22 bits per heavy atom. The van der Waals surface area contributed by atoms with Gasteiger partial charge in [-0.3, -0.25) is 9.69 Å². The molecule has 1 aliphatic rings. The zero-order valence-electron chi connectivity index (χ0n) is 12.4. The number of hydrogen-bond donors (Lipinski definition) is 1. The average Bonchev–Trinajstić information content (AvgIpc) is 2.84. The number of nitrogens with zero attached hydrogens (tertiary/aromatic N) is 1. The first-order valence-corrected chi connectivity index (χ1v) is 8.00. The van der Waals surface area contributed by atoms with Crippen molar-refractivity contribution in [2.75, 3.05) is 13.0 Å². The summed E-state index contributed by atoms with van der Waals surface area (Å²) in [5.41, 5.74) is 1.57. The standard InChI is InChI=1S/C17H15NO4S/c1-22-17(21)13-8-4-5-9-14(13)23-10-18-15(19)11-6-2-3-7-12(11)16(18)20/h2-9,15,19H,10H2,1H3. The van der Waals surface area contributed by atoms with Gasteiger partial charge >= 0.3 is 5.97 Å². The SMILES string of the molecule is COC(=O)c1ccccc1SCN1C(=O)c2ccccc2C1O. The predicted octanol–water partition coefficient (Wildman–Crippen LogP) is 2.67. The number of amides is 1. The summed E-state index contributed by atoms with van der Waals surface area (Å²) >= 11 is 1.31. The third-order valence-corrected chi connectivity index (χ3v) is 4.75. The maximum Gasteiger partial charge on any atom is 0.338 e. The van der Waals surface area contributed by atoms with E-state index in [-0.39, 0.29) is 11.8 Å². The first-order valence-electron chi connectivity index (χ1n) is 7.01. The number of carbonyl (C=O) groups is 2. The molecule has 6 heteroatoms. The molecule has 5 nitrogen and oxygen atoms in total. The van der Waals surface area contributed by atoms with Crippen LogP contribution in [0.1, 0.15) is 32.5 Å². The van der Waals surface area contributed by atoms with Crippen LogP contribution < -0.4 is 0 Å². The lowest BCUT2D eigenvalue weighted by Gasteiger charge is -2.20. The molecule has 1 N–H and O–H groups in total. The van der Waals surface area contributed by atoms with E-state index in [9.17, 15) is 14.7 Å². The van der Waals surface area contributed by atoms with Gasteiger partial charge in [-0.1, -0.05) is 30.3 Å². The summed E-state index contributed by atoms with van der Waals surface area (Å²) < 4.78 is 4.76. The van der Waals surface area contributed by atoms with Gasteiger partial charge in [0, 0.05) is 16.0 Å². The molecule has 1 aliphatic heterocycles.